The highest BCUT2D eigenvalue weighted by atomic mass is 16.4. The van der Waals surface area contributed by atoms with Crippen molar-refractivity contribution in [2.75, 3.05) is 5.32 Å². The van der Waals surface area contributed by atoms with Gasteiger partial charge in [-0.05, 0) is 48.9 Å². The fraction of sp³-hybridized carbons (Fsp3) is 0.286. The summed E-state index contributed by atoms with van der Waals surface area (Å²) >= 11 is 0. The van der Waals surface area contributed by atoms with Crippen LogP contribution in [-0.2, 0) is 0 Å². The average molecular weight is 319 g/mol. The largest absolute Gasteiger partial charge is 0.478 e. The van der Waals surface area contributed by atoms with Gasteiger partial charge >= 0.3 is 5.97 Å². The molecule has 0 aromatic heterocycles. The normalized spacial score (nSPS) is 24.2. The maximum Gasteiger partial charge on any atom is 0.336 e. The van der Waals surface area contributed by atoms with E-state index in [9.17, 15) is 9.90 Å². The highest BCUT2D eigenvalue weighted by molar-refractivity contribution is 5.93. The van der Waals surface area contributed by atoms with Gasteiger partial charge in [0.05, 0.1) is 11.6 Å². The second-order valence-electron chi connectivity index (χ2n) is 6.91. The van der Waals surface area contributed by atoms with Gasteiger partial charge in [0, 0.05) is 11.6 Å². The van der Waals surface area contributed by atoms with Crippen molar-refractivity contribution < 1.29 is 9.90 Å². The molecule has 0 unspecified atom stereocenters. The molecule has 0 fully saturated rings. The number of carboxylic acids is 1. The minimum atomic E-state index is -0.846. The van der Waals surface area contributed by atoms with E-state index in [-0.39, 0.29) is 12.0 Å². The van der Waals surface area contributed by atoms with Crippen molar-refractivity contribution in [1.82, 2.24) is 0 Å². The number of fused-ring (bicyclic) bond motifs is 3. The van der Waals surface area contributed by atoms with E-state index in [1.165, 1.54) is 11.1 Å². The molecule has 2 aliphatic rings. The van der Waals surface area contributed by atoms with Crippen molar-refractivity contribution in [2.45, 2.75) is 32.2 Å². The Kier molecular flexibility index (Phi) is 3.45. The lowest BCUT2D eigenvalue weighted by atomic mass is 9.74. The molecule has 0 spiro atoms. The summed E-state index contributed by atoms with van der Waals surface area (Å²) in [5.74, 6) is -0.320. The molecule has 1 aliphatic heterocycles. The molecule has 1 heterocycles. The van der Waals surface area contributed by atoms with Crippen molar-refractivity contribution in [3.05, 3.63) is 76.4 Å². The number of benzene rings is 2. The summed E-state index contributed by atoms with van der Waals surface area (Å²) in [6.45, 7) is 4.14. The predicted molar refractivity (Wildman–Crippen MR) is 95.7 cm³/mol. The Morgan fingerprint density at radius 2 is 1.88 bits per heavy atom. The molecule has 1 aliphatic carbocycles. The van der Waals surface area contributed by atoms with Gasteiger partial charge in [0.15, 0.2) is 0 Å². The maximum atomic E-state index is 11.7. The lowest BCUT2D eigenvalue weighted by Crippen LogP contribution is -2.31. The first-order valence-corrected chi connectivity index (χ1v) is 8.43. The number of carboxylic acid groups (broad SMARTS) is 1. The SMILES string of the molecule is Cc1ccc([C@@H]2Nc3c(C)ccc(C(=O)O)c3[C@@H]3C=CC[C@H]32)cc1. The summed E-state index contributed by atoms with van der Waals surface area (Å²) in [5, 5.41) is 13.3. The van der Waals surface area contributed by atoms with Crippen LogP contribution >= 0.6 is 0 Å². The van der Waals surface area contributed by atoms with Crippen molar-refractivity contribution >= 4 is 11.7 Å². The molecule has 3 atom stereocenters. The highest BCUT2D eigenvalue weighted by Crippen LogP contribution is 2.51. The number of carbonyl (C=O) groups is 1. The first-order valence-electron chi connectivity index (χ1n) is 8.43. The van der Waals surface area contributed by atoms with Crippen LogP contribution in [0.25, 0.3) is 0 Å². The lowest BCUT2D eigenvalue weighted by molar-refractivity contribution is 0.0695. The summed E-state index contributed by atoms with van der Waals surface area (Å²) in [6, 6.07) is 12.5. The molecule has 3 nitrogen and oxygen atoms in total. The van der Waals surface area contributed by atoms with E-state index in [1.807, 2.05) is 13.0 Å². The minimum absolute atomic E-state index is 0.165. The van der Waals surface area contributed by atoms with E-state index in [0.29, 0.717) is 11.5 Å². The maximum absolute atomic E-state index is 11.7. The Labute approximate surface area is 142 Å². The molecule has 0 saturated carbocycles. The Balaban J connectivity index is 1.86. The van der Waals surface area contributed by atoms with E-state index >= 15 is 0 Å². The van der Waals surface area contributed by atoms with Crippen LogP contribution in [0, 0.1) is 19.8 Å². The average Bonchev–Trinajstić information content (AvgIpc) is 3.05. The van der Waals surface area contributed by atoms with Gasteiger partial charge in [0.1, 0.15) is 0 Å². The van der Waals surface area contributed by atoms with Crippen LogP contribution in [0.2, 0.25) is 0 Å². The van der Waals surface area contributed by atoms with Gasteiger partial charge in [0.25, 0.3) is 0 Å². The molecule has 2 aromatic carbocycles. The highest BCUT2D eigenvalue weighted by Gasteiger charge is 2.40. The fourth-order valence-electron chi connectivity index (χ4n) is 4.15. The Morgan fingerprint density at radius 3 is 2.58 bits per heavy atom. The number of aromatic carboxylic acids is 1. The number of hydrogen-bond acceptors (Lipinski definition) is 2. The number of hydrogen-bond donors (Lipinski definition) is 2. The van der Waals surface area contributed by atoms with Gasteiger partial charge in [0.2, 0.25) is 0 Å². The summed E-state index contributed by atoms with van der Waals surface area (Å²) < 4.78 is 0. The smallest absolute Gasteiger partial charge is 0.336 e. The molecule has 0 saturated heterocycles. The molecule has 0 amide bonds. The van der Waals surface area contributed by atoms with Crippen LogP contribution < -0.4 is 5.32 Å². The van der Waals surface area contributed by atoms with Crippen LogP contribution in [0.5, 0.6) is 0 Å². The quantitative estimate of drug-likeness (QED) is 0.780. The molecule has 0 bridgehead atoms. The number of aryl methyl sites for hydroxylation is 2. The minimum Gasteiger partial charge on any atom is -0.478 e. The Morgan fingerprint density at radius 1 is 1.12 bits per heavy atom. The fourth-order valence-corrected chi connectivity index (χ4v) is 4.15. The predicted octanol–water partition coefficient (Wildman–Crippen LogP) is 4.83. The first-order chi connectivity index (χ1) is 11.6. The number of anilines is 1. The second-order valence-corrected chi connectivity index (χ2v) is 6.91. The number of rotatable bonds is 2. The van der Waals surface area contributed by atoms with E-state index < -0.39 is 5.97 Å². The third-order valence-electron chi connectivity index (χ3n) is 5.39. The van der Waals surface area contributed by atoms with Gasteiger partial charge in [-0.2, -0.15) is 0 Å². The lowest BCUT2D eigenvalue weighted by Gasteiger charge is -2.39. The molecule has 0 radical (unpaired) electrons. The van der Waals surface area contributed by atoms with Crippen LogP contribution in [0.1, 0.15) is 51.0 Å². The van der Waals surface area contributed by atoms with Crippen LogP contribution in [0.3, 0.4) is 0 Å². The summed E-state index contributed by atoms with van der Waals surface area (Å²) in [4.78, 5) is 11.7. The molecule has 2 aromatic rings. The molecule has 3 heteroatoms. The zero-order chi connectivity index (χ0) is 16.8. The number of nitrogens with one attached hydrogen (secondary N) is 1. The van der Waals surface area contributed by atoms with Crippen molar-refractivity contribution in [2.24, 2.45) is 5.92 Å². The molecule has 4 rings (SSSR count). The van der Waals surface area contributed by atoms with Gasteiger partial charge < -0.3 is 10.4 Å². The van der Waals surface area contributed by atoms with Gasteiger partial charge in [-0.25, -0.2) is 4.79 Å². The molecular weight excluding hydrogens is 298 g/mol. The standard InChI is InChI=1S/C21H21NO2/c1-12-6-9-14(10-7-12)20-16-5-3-4-15(16)18-17(21(23)24)11-8-13(2)19(18)22-20/h3-4,6-11,15-16,20,22H,5H2,1-2H3,(H,23,24)/t15-,16-,20+/m1/s1. The van der Waals surface area contributed by atoms with Gasteiger partial charge in [-0.3, -0.25) is 0 Å². The monoisotopic (exact) mass is 319 g/mol. The van der Waals surface area contributed by atoms with E-state index in [2.05, 4.69) is 48.7 Å². The molecule has 2 N–H and O–H groups in total. The molecule has 24 heavy (non-hydrogen) atoms. The van der Waals surface area contributed by atoms with E-state index in [4.69, 9.17) is 0 Å². The number of allylic oxidation sites excluding steroid dienone is 2. The van der Waals surface area contributed by atoms with Crippen molar-refractivity contribution in [1.29, 1.82) is 0 Å². The van der Waals surface area contributed by atoms with Crippen LogP contribution in [-0.4, -0.2) is 11.1 Å². The van der Waals surface area contributed by atoms with Crippen molar-refractivity contribution in [3.8, 4) is 0 Å². The zero-order valence-corrected chi connectivity index (χ0v) is 13.9. The second kappa shape index (κ2) is 5.52. The third-order valence-corrected chi connectivity index (χ3v) is 5.39. The summed E-state index contributed by atoms with van der Waals surface area (Å²) in [5.41, 5.74) is 5.99. The van der Waals surface area contributed by atoms with E-state index in [0.717, 1.165) is 23.2 Å². The Bertz CT molecular complexity index is 836. The van der Waals surface area contributed by atoms with Crippen LogP contribution in [0.15, 0.2) is 48.6 Å². The summed E-state index contributed by atoms with van der Waals surface area (Å²) in [7, 11) is 0. The Hall–Kier alpha value is -2.55. The van der Waals surface area contributed by atoms with Crippen LogP contribution in [0.4, 0.5) is 5.69 Å². The van der Waals surface area contributed by atoms with E-state index in [1.54, 1.807) is 6.07 Å². The molecule has 122 valence electrons. The first kappa shape index (κ1) is 15.0. The molecular formula is C21H21NO2. The van der Waals surface area contributed by atoms with Gasteiger partial charge in [-0.1, -0.05) is 48.0 Å². The van der Waals surface area contributed by atoms with Crippen molar-refractivity contribution in [3.63, 3.8) is 0 Å². The topological polar surface area (TPSA) is 49.3 Å². The van der Waals surface area contributed by atoms with Gasteiger partial charge in [-0.15, -0.1) is 0 Å². The third kappa shape index (κ3) is 2.23. The zero-order valence-electron chi connectivity index (χ0n) is 13.9. The summed E-state index contributed by atoms with van der Waals surface area (Å²) in [6.07, 6.45) is 5.36.